The summed E-state index contributed by atoms with van der Waals surface area (Å²) in [5.41, 5.74) is 2.34. The lowest BCUT2D eigenvalue weighted by Crippen LogP contribution is -2.34. The monoisotopic (exact) mass is 339 g/mol. The number of aromatic amines is 1. The number of thiophene rings is 1. The predicted octanol–water partition coefficient (Wildman–Crippen LogP) is 3.28. The van der Waals surface area contributed by atoms with Crippen LogP contribution in [0.3, 0.4) is 0 Å². The topological polar surface area (TPSA) is 78.7 Å². The third-order valence-corrected chi connectivity index (χ3v) is 4.95. The minimum absolute atomic E-state index is 0.252. The van der Waals surface area contributed by atoms with Crippen LogP contribution < -0.4 is 11.2 Å². The fraction of sp³-hybridized carbons (Fsp3) is 0.278. The van der Waals surface area contributed by atoms with E-state index in [0.29, 0.717) is 23.1 Å². The molecule has 122 valence electrons. The highest BCUT2D eigenvalue weighted by Gasteiger charge is 2.14. The molecule has 0 bridgehead atoms. The number of nitriles is 1. The van der Waals surface area contributed by atoms with Crippen molar-refractivity contribution in [3.05, 3.63) is 56.0 Å². The fourth-order valence-electron chi connectivity index (χ4n) is 2.71. The summed E-state index contributed by atoms with van der Waals surface area (Å²) in [5, 5.41) is 11.1. The Morgan fingerprint density at radius 1 is 1.25 bits per heavy atom. The Morgan fingerprint density at radius 3 is 2.67 bits per heavy atom. The lowest BCUT2D eigenvalue weighted by Gasteiger charge is -2.05. The molecule has 0 saturated carbocycles. The zero-order valence-electron chi connectivity index (χ0n) is 13.3. The van der Waals surface area contributed by atoms with E-state index >= 15 is 0 Å². The molecule has 1 N–H and O–H groups in total. The Balaban J connectivity index is 2.13. The van der Waals surface area contributed by atoms with Crippen molar-refractivity contribution in [1.29, 1.82) is 5.26 Å². The summed E-state index contributed by atoms with van der Waals surface area (Å²) in [7, 11) is 0. The first kappa shape index (κ1) is 16.2. The Labute approximate surface area is 142 Å². The molecule has 3 rings (SSSR count). The first-order valence-electron chi connectivity index (χ1n) is 7.86. The van der Waals surface area contributed by atoms with Gasteiger partial charge in [-0.05, 0) is 24.0 Å². The van der Waals surface area contributed by atoms with Crippen LogP contribution in [0.15, 0.2) is 39.2 Å². The molecule has 3 aromatic rings. The summed E-state index contributed by atoms with van der Waals surface area (Å²) >= 11 is 1.36. The van der Waals surface area contributed by atoms with Crippen molar-refractivity contribution in [2.75, 3.05) is 0 Å². The minimum Gasteiger partial charge on any atom is -0.298 e. The molecule has 5 nitrogen and oxygen atoms in total. The Hall–Kier alpha value is -2.65. The number of aryl methyl sites for hydroxylation is 1. The summed E-state index contributed by atoms with van der Waals surface area (Å²) in [6.45, 7) is 2.35. The Morgan fingerprint density at radius 2 is 2.00 bits per heavy atom. The van der Waals surface area contributed by atoms with Crippen molar-refractivity contribution in [3.63, 3.8) is 0 Å². The van der Waals surface area contributed by atoms with Crippen LogP contribution in [0.2, 0.25) is 0 Å². The number of hydrogen-bond donors (Lipinski definition) is 1. The van der Waals surface area contributed by atoms with E-state index in [1.807, 2.05) is 23.6 Å². The van der Waals surface area contributed by atoms with Crippen molar-refractivity contribution in [2.24, 2.45) is 0 Å². The first-order valence-corrected chi connectivity index (χ1v) is 8.74. The van der Waals surface area contributed by atoms with Gasteiger partial charge in [0.1, 0.15) is 4.83 Å². The van der Waals surface area contributed by atoms with Gasteiger partial charge in [0, 0.05) is 23.9 Å². The molecule has 0 atom stereocenters. The van der Waals surface area contributed by atoms with Gasteiger partial charge in [-0.3, -0.25) is 14.3 Å². The third kappa shape index (κ3) is 2.91. The summed E-state index contributed by atoms with van der Waals surface area (Å²) in [4.78, 5) is 28.3. The van der Waals surface area contributed by atoms with Gasteiger partial charge in [0.05, 0.1) is 11.5 Å². The van der Waals surface area contributed by atoms with E-state index in [1.54, 1.807) is 0 Å². The summed E-state index contributed by atoms with van der Waals surface area (Å²) in [6, 6.07) is 10.1. The average Bonchev–Trinajstić information content (AvgIpc) is 3.02. The number of nitrogens with zero attached hydrogens (tertiary/aromatic N) is 2. The molecule has 0 aliphatic rings. The van der Waals surface area contributed by atoms with Crippen molar-refractivity contribution in [1.82, 2.24) is 9.55 Å². The van der Waals surface area contributed by atoms with Gasteiger partial charge < -0.3 is 0 Å². The zero-order valence-corrected chi connectivity index (χ0v) is 14.2. The zero-order chi connectivity index (χ0) is 17.1. The van der Waals surface area contributed by atoms with Crippen LogP contribution in [0, 0.1) is 11.3 Å². The number of fused-ring (bicyclic) bond motifs is 1. The third-order valence-electron chi connectivity index (χ3n) is 4.06. The molecule has 2 heterocycles. The maximum Gasteiger partial charge on any atom is 0.329 e. The maximum atomic E-state index is 12.8. The predicted molar refractivity (Wildman–Crippen MR) is 96.4 cm³/mol. The maximum absolute atomic E-state index is 12.8. The highest BCUT2D eigenvalue weighted by molar-refractivity contribution is 7.17. The van der Waals surface area contributed by atoms with Crippen molar-refractivity contribution >= 4 is 21.6 Å². The number of rotatable bonds is 5. The van der Waals surface area contributed by atoms with Crippen LogP contribution in [-0.2, 0) is 13.0 Å². The number of unbranched alkanes of at least 4 members (excludes halogenated alkanes) is 1. The Kier molecular flexibility index (Phi) is 4.63. The van der Waals surface area contributed by atoms with E-state index in [2.05, 4.69) is 24.0 Å². The van der Waals surface area contributed by atoms with Crippen LogP contribution in [0.5, 0.6) is 0 Å². The molecule has 24 heavy (non-hydrogen) atoms. The Bertz CT molecular complexity index is 1020. The molecule has 2 aromatic heterocycles. The van der Waals surface area contributed by atoms with Crippen molar-refractivity contribution < 1.29 is 0 Å². The van der Waals surface area contributed by atoms with E-state index in [-0.39, 0.29) is 12.1 Å². The van der Waals surface area contributed by atoms with E-state index in [4.69, 9.17) is 5.26 Å². The second kappa shape index (κ2) is 6.85. The summed E-state index contributed by atoms with van der Waals surface area (Å²) in [6.07, 6.45) is 1.76. The lowest BCUT2D eigenvalue weighted by molar-refractivity contribution is 0.605. The van der Waals surface area contributed by atoms with Crippen LogP contribution in [-0.4, -0.2) is 9.55 Å². The average molecular weight is 339 g/mol. The van der Waals surface area contributed by atoms with Crippen LogP contribution in [0.1, 0.15) is 25.3 Å². The smallest absolute Gasteiger partial charge is 0.298 e. The van der Waals surface area contributed by atoms with Gasteiger partial charge in [-0.1, -0.05) is 31.2 Å². The molecule has 0 aliphatic heterocycles. The highest BCUT2D eigenvalue weighted by Crippen LogP contribution is 2.30. The number of hydrogen-bond acceptors (Lipinski definition) is 4. The molecule has 0 amide bonds. The quantitative estimate of drug-likeness (QED) is 0.725. The van der Waals surface area contributed by atoms with Gasteiger partial charge >= 0.3 is 5.69 Å². The second-order valence-electron chi connectivity index (χ2n) is 5.55. The molecule has 1 aromatic carbocycles. The summed E-state index contributed by atoms with van der Waals surface area (Å²) < 4.78 is 1.19. The van der Waals surface area contributed by atoms with E-state index in [9.17, 15) is 9.59 Å². The second-order valence-corrected chi connectivity index (χ2v) is 6.43. The highest BCUT2D eigenvalue weighted by atomic mass is 32.1. The van der Waals surface area contributed by atoms with Crippen LogP contribution >= 0.6 is 11.3 Å². The largest absolute Gasteiger partial charge is 0.329 e. The van der Waals surface area contributed by atoms with Gasteiger partial charge in [-0.2, -0.15) is 5.26 Å². The lowest BCUT2D eigenvalue weighted by atomic mass is 10.0. The molecular weight excluding hydrogens is 322 g/mol. The summed E-state index contributed by atoms with van der Waals surface area (Å²) in [5.74, 6) is 0. The van der Waals surface area contributed by atoms with Gasteiger partial charge in [0.2, 0.25) is 0 Å². The van der Waals surface area contributed by atoms with E-state index in [0.717, 1.165) is 17.5 Å². The van der Waals surface area contributed by atoms with E-state index in [1.165, 1.54) is 21.5 Å². The van der Waals surface area contributed by atoms with Crippen LogP contribution in [0.4, 0.5) is 0 Å². The molecular formula is C18H17N3O2S. The molecule has 0 unspecified atom stereocenters. The van der Waals surface area contributed by atoms with Crippen molar-refractivity contribution in [2.45, 2.75) is 32.7 Å². The molecule has 0 spiro atoms. The number of H-pyrrole nitrogens is 1. The van der Waals surface area contributed by atoms with Gasteiger partial charge in [-0.25, -0.2) is 4.79 Å². The molecule has 0 aliphatic carbocycles. The minimum atomic E-state index is -0.417. The number of benzene rings is 1. The normalized spacial score (nSPS) is 10.8. The van der Waals surface area contributed by atoms with Gasteiger partial charge in [0.15, 0.2) is 0 Å². The standard InChI is InChI=1S/C18H17N3O2S/c1-2-12-5-7-13(8-6-12)14-11-24-16-15(14)17(22)21(18(23)20-16)10-4-3-9-19/h5-8,11H,2-4,10H2,1H3,(H,20,23). The fourth-order valence-corrected chi connectivity index (χ4v) is 3.66. The molecule has 6 heteroatoms. The number of aromatic nitrogens is 2. The molecule has 0 saturated heterocycles. The van der Waals surface area contributed by atoms with Gasteiger partial charge in [0.25, 0.3) is 5.56 Å². The SMILES string of the molecule is CCc1ccc(-c2csc3[nH]c(=O)n(CCCC#N)c(=O)c23)cc1. The number of nitrogens with one attached hydrogen (secondary N) is 1. The van der Waals surface area contributed by atoms with Crippen LogP contribution in [0.25, 0.3) is 21.3 Å². The first-order chi connectivity index (χ1) is 11.7. The molecule has 0 fully saturated rings. The van der Waals surface area contributed by atoms with Gasteiger partial charge in [-0.15, -0.1) is 11.3 Å². The van der Waals surface area contributed by atoms with Crippen molar-refractivity contribution in [3.8, 4) is 17.2 Å². The van der Waals surface area contributed by atoms with E-state index < -0.39 is 5.69 Å². The molecule has 0 radical (unpaired) electrons.